The number of sulfone groups is 1. The number of esters is 2. The average Bonchev–Trinajstić information content (AvgIpc) is 2.96. The molecule has 0 saturated carbocycles. The number of carbonyl (C=O) groups is 3. The fraction of sp³-hybridized carbons (Fsp3) is 0.579. The molecule has 2 aliphatic heterocycles. The molecule has 2 heterocycles. The number of hydrogen-bond donors (Lipinski definition) is 2. The van der Waals surface area contributed by atoms with E-state index in [0.717, 1.165) is 13.3 Å². The fourth-order valence-corrected chi connectivity index (χ4v) is 8.15. The normalized spacial score (nSPS) is 23.7. The maximum absolute atomic E-state index is 12.9. The van der Waals surface area contributed by atoms with E-state index in [1.54, 1.807) is 13.8 Å². The minimum absolute atomic E-state index is 0.0286. The number of likely N-dealkylation sites (N-methyl/N-ethyl adjacent to an activating group) is 1. The monoisotopic (exact) mass is 523 g/mol. The second kappa shape index (κ2) is 10.6. The van der Waals surface area contributed by atoms with E-state index in [1.807, 2.05) is 4.72 Å². The van der Waals surface area contributed by atoms with Gasteiger partial charge in [0.1, 0.15) is 8.47 Å². The molecule has 0 saturated heterocycles. The highest BCUT2D eigenvalue weighted by molar-refractivity contribution is 8.28. The van der Waals surface area contributed by atoms with E-state index in [9.17, 15) is 31.2 Å². The van der Waals surface area contributed by atoms with E-state index in [4.69, 9.17) is 9.47 Å². The van der Waals surface area contributed by atoms with Crippen LogP contribution in [0.25, 0.3) is 0 Å². The van der Waals surface area contributed by atoms with E-state index in [-0.39, 0.29) is 14.9 Å². The second-order valence-corrected chi connectivity index (χ2v) is 12.9. The second-order valence-electron chi connectivity index (χ2n) is 7.41. The van der Waals surface area contributed by atoms with E-state index in [2.05, 4.69) is 5.32 Å². The van der Waals surface area contributed by atoms with E-state index in [0.29, 0.717) is 23.9 Å². The van der Waals surface area contributed by atoms with Gasteiger partial charge in [0.05, 0.1) is 17.7 Å². The van der Waals surface area contributed by atoms with Crippen LogP contribution in [0.1, 0.15) is 41.0 Å². The predicted molar refractivity (Wildman–Crippen MR) is 121 cm³/mol. The lowest BCUT2D eigenvalue weighted by molar-refractivity contribution is -0.169. The molecule has 0 aliphatic carbocycles. The van der Waals surface area contributed by atoms with Gasteiger partial charge in [0.15, 0.2) is 22.0 Å². The van der Waals surface area contributed by atoms with Crippen LogP contribution in [-0.4, -0.2) is 64.7 Å². The molecule has 185 valence electrons. The molecule has 2 aliphatic rings. The minimum Gasteiger partial charge on any atom is -0.450 e. The number of ether oxygens (including phenoxy) is 2. The molecule has 2 N–H and O–H groups in total. The summed E-state index contributed by atoms with van der Waals surface area (Å²) in [7, 11) is -8.14. The number of thioether (sulfide) groups is 1. The lowest BCUT2D eigenvalue weighted by Crippen LogP contribution is -2.42. The Morgan fingerprint density at radius 1 is 1.24 bits per heavy atom. The van der Waals surface area contributed by atoms with E-state index < -0.39 is 61.2 Å². The van der Waals surface area contributed by atoms with Crippen LogP contribution in [0.15, 0.2) is 20.1 Å². The Labute approximate surface area is 197 Å². The lowest BCUT2D eigenvalue weighted by atomic mass is 10.0. The maximum Gasteiger partial charge on any atom is 0.347 e. The topological polar surface area (TPSA) is 162 Å². The molecule has 0 bridgehead atoms. The third kappa shape index (κ3) is 6.16. The van der Waals surface area contributed by atoms with Crippen molar-refractivity contribution in [3.63, 3.8) is 0 Å². The van der Waals surface area contributed by atoms with Crippen LogP contribution in [0.5, 0.6) is 0 Å². The number of nitrogens with one attached hydrogen (secondary N) is 2. The summed E-state index contributed by atoms with van der Waals surface area (Å²) in [5.74, 6) is -2.95. The van der Waals surface area contributed by atoms with Gasteiger partial charge in [-0.05, 0) is 45.4 Å². The smallest absolute Gasteiger partial charge is 0.347 e. The van der Waals surface area contributed by atoms with E-state index >= 15 is 0 Å². The lowest BCUT2D eigenvalue weighted by Gasteiger charge is -2.23. The van der Waals surface area contributed by atoms with Gasteiger partial charge < -0.3 is 14.8 Å². The van der Waals surface area contributed by atoms with Gasteiger partial charge >= 0.3 is 11.9 Å². The molecule has 0 fully saturated rings. The first kappa shape index (κ1) is 27.3. The first-order valence-corrected chi connectivity index (χ1v) is 14.0. The Morgan fingerprint density at radius 3 is 2.45 bits per heavy atom. The third-order valence-electron chi connectivity index (χ3n) is 4.88. The van der Waals surface area contributed by atoms with E-state index in [1.165, 1.54) is 19.9 Å². The molecule has 4 atom stereocenters. The van der Waals surface area contributed by atoms with Crippen molar-refractivity contribution in [1.29, 1.82) is 0 Å². The molecular weight excluding hydrogens is 496 g/mol. The first-order chi connectivity index (χ1) is 15.2. The quantitative estimate of drug-likeness (QED) is 0.405. The van der Waals surface area contributed by atoms with Crippen LogP contribution in [-0.2, 0) is 43.7 Å². The van der Waals surface area contributed by atoms with Crippen LogP contribution in [0.4, 0.5) is 0 Å². The van der Waals surface area contributed by atoms with Gasteiger partial charge in [-0.3, -0.25) is 9.59 Å². The molecule has 0 aromatic carbocycles. The summed E-state index contributed by atoms with van der Waals surface area (Å²) >= 11 is 0.573. The van der Waals surface area contributed by atoms with Crippen LogP contribution in [0.3, 0.4) is 0 Å². The minimum atomic E-state index is -4.46. The molecule has 11 nitrogen and oxygen atoms in total. The molecule has 14 heteroatoms. The van der Waals surface area contributed by atoms with Gasteiger partial charge in [-0.15, -0.1) is 0 Å². The van der Waals surface area contributed by atoms with Crippen molar-refractivity contribution in [3.8, 4) is 0 Å². The number of amides is 1. The molecule has 0 spiro atoms. The Kier molecular flexibility index (Phi) is 8.76. The van der Waals surface area contributed by atoms with Gasteiger partial charge in [-0.25, -0.2) is 26.4 Å². The predicted octanol–water partition coefficient (Wildman–Crippen LogP) is 0.505. The molecule has 1 amide bonds. The Hall–Kier alpha value is -1.90. The number of rotatable bonds is 9. The maximum atomic E-state index is 12.9. The molecule has 0 aromatic heterocycles. The standard InChI is InChI=1S/C19H27N2O9S3/c1-6-15(22)29-12(5)18(24)30-11(4)17(23)21-33(27,28)16-9-14(20-7-2)13-8-10(3)32(25,26)19(13)31-16/h6,9-12,14,20H,7-8H2,1-5H3,(H,21,23)/t10-,11-,12-,14-/m0/s1. The number of hydrogen-bond acceptors (Lipinski definition) is 11. The summed E-state index contributed by atoms with van der Waals surface area (Å²) in [4.78, 5) is 35.6. The summed E-state index contributed by atoms with van der Waals surface area (Å²) in [5, 5.41) is 2.37. The first-order valence-electron chi connectivity index (χ1n) is 10.1. The van der Waals surface area contributed by atoms with Crippen molar-refractivity contribution < 1.29 is 40.7 Å². The SMILES string of the molecule is C[CH]C(=O)O[C@@H](C)C(=O)O[C@@H](C)C(=O)NS(=O)(=O)C1=C[C@H](NCC)C2=C(S1)S(=O)(=O)[C@@H](C)C2. The molecule has 2 rings (SSSR count). The van der Waals surface area contributed by atoms with Crippen molar-refractivity contribution in [2.24, 2.45) is 0 Å². The zero-order valence-corrected chi connectivity index (χ0v) is 21.2. The highest BCUT2D eigenvalue weighted by Gasteiger charge is 2.44. The zero-order valence-electron chi connectivity index (χ0n) is 18.8. The highest BCUT2D eigenvalue weighted by Crippen LogP contribution is 2.47. The average molecular weight is 524 g/mol. The molecule has 33 heavy (non-hydrogen) atoms. The highest BCUT2D eigenvalue weighted by atomic mass is 32.3. The third-order valence-corrected chi connectivity index (χ3v) is 10.7. The molecule has 0 aromatic rings. The Bertz CT molecular complexity index is 1090. The summed E-state index contributed by atoms with van der Waals surface area (Å²) in [5.41, 5.74) is 0.592. The van der Waals surface area contributed by atoms with Gasteiger partial charge in [0, 0.05) is 0 Å². The van der Waals surface area contributed by atoms with Crippen LogP contribution in [0.2, 0.25) is 0 Å². The van der Waals surface area contributed by atoms with Gasteiger partial charge in [0.2, 0.25) is 0 Å². The summed E-state index contributed by atoms with van der Waals surface area (Å²) < 4.78 is 62.1. The van der Waals surface area contributed by atoms with Crippen LogP contribution >= 0.6 is 11.8 Å². The van der Waals surface area contributed by atoms with Crippen molar-refractivity contribution in [1.82, 2.24) is 10.0 Å². The number of carbonyl (C=O) groups excluding carboxylic acids is 3. The summed E-state index contributed by atoms with van der Waals surface area (Å²) in [6, 6.07) is -0.617. The van der Waals surface area contributed by atoms with Crippen molar-refractivity contribution >= 4 is 49.5 Å². The summed E-state index contributed by atoms with van der Waals surface area (Å²) in [6.07, 6.45) is -0.102. The van der Waals surface area contributed by atoms with Crippen LogP contribution < -0.4 is 10.0 Å². The Morgan fingerprint density at radius 2 is 1.88 bits per heavy atom. The summed E-state index contributed by atoms with van der Waals surface area (Å²) in [6.45, 7) is 7.62. The van der Waals surface area contributed by atoms with Crippen molar-refractivity contribution in [3.05, 3.63) is 26.5 Å². The van der Waals surface area contributed by atoms with Crippen LogP contribution in [0, 0.1) is 6.42 Å². The molecular formula is C19H27N2O9S3. The van der Waals surface area contributed by atoms with Crippen molar-refractivity contribution in [2.75, 3.05) is 6.54 Å². The van der Waals surface area contributed by atoms with Crippen molar-refractivity contribution in [2.45, 2.75) is 64.5 Å². The molecule has 0 unspecified atom stereocenters. The largest absolute Gasteiger partial charge is 0.450 e. The van der Waals surface area contributed by atoms with Gasteiger partial charge in [0.25, 0.3) is 15.9 Å². The molecule has 1 radical (unpaired) electrons. The fourth-order valence-electron chi connectivity index (χ4n) is 3.03. The van der Waals surface area contributed by atoms with Gasteiger partial charge in [-0.1, -0.05) is 25.6 Å². The number of sulfonamides is 1. The zero-order chi connectivity index (χ0) is 25.1. The van der Waals surface area contributed by atoms with Gasteiger partial charge in [-0.2, -0.15) is 0 Å². The Balaban J connectivity index is 2.14.